The van der Waals surface area contributed by atoms with Crippen molar-refractivity contribution < 1.29 is 4.79 Å². The van der Waals surface area contributed by atoms with Gasteiger partial charge in [-0.2, -0.15) is 12.6 Å². The Labute approximate surface area is 161 Å². The van der Waals surface area contributed by atoms with Gasteiger partial charge in [-0.05, 0) is 63.1 Å². The molecule has 2 aromatic carbocycles. The molecule has 0 radical (unpaired) electrons. The molecule has 0 aromatic heterocycles. The van der Waals surface area contributed by atoms with Gasteiger partial charge in [0.15, 0.2) is 5.78 Å². The fourth-order valence-electron chi connectivity index (χ4n) is 2.73. The van der Waals surface area contributed by atoms with E-state index in [4.69, 9.17) is 0 Å². The molecule has 0 aliphatic rings. The van der Waals surface area contributed by atoms with Gasteiger partial charge in [-0.15, -0.1) is 11.8 Å². The first-order valence-electron chi connectivity index (χ1n) is 8.57. The van der Waals surface area contributed by atoms with E-state index < -0.39 is 5.54 Å². The summed E-state index contributed by atoms with van der Waals surface area (Å²) in [6.07, 6.45) is 1.76. The van der Waals surface area contributed by atoms with Gasteiger partial charge in [0.05, 0.1) is 5.54 Å². The van der Waals surface area contributed by atoms with Crippen LogP contribution in [0.3, 0.4) is 0 Å². The summed E-state index contributed by atoms with van der Waals surface area (Å²) in [6.45, 7) is 2.03. The van der Waals surface area contributed by atoms with Gasteiger partial charge >= 0.3 is 0 Å². The van der Waals surface area contributed by atoms with E-state index in [1.165, 1.54) is 5.56 Å². The lowest BCUT2D eigenvalue weighted by Crippen LogP contribution is -2.50. The fourth-order valence-corrected chi connectivity index (χ4v) is 4.01. The fraction of sp³-hybridized carbons (Fsp3) is 0.381. The Morgan fingerprint density at radius 3 is 2.48 bits per heavy atom. The number of hydrogen-bond donors (Lipinski definition) is 1. The normalized spacial score (nSPS) is 13.6. The Morgan fingerprint density at radius 1 is 1.12 bits per heavy atom. The number of carbonyl (C=O) groups excluding carboxylic acids is 1. The second-order valence-electron chi connectivity index (χ2n) is 6.61. The molecule has 0 N–H and O–H groups in total. The van der Waals surface area contributed by atoms with Crippen LogP contribution in [0.4, 0.5) is 0 Å². The van der Waals surface area contributed by atoms with Crippen molar-refractivity contribution in [1.29, 1.82) is 0 Å². The van der Waals surface area contributed by atoms with E-state index in [1.807, 2.05) is 62.3 Å². The SMILES string of the molecule is CN(C)C(C)(Cc1ccccc1)C(=O)c1cccc(SCCCS)c1. The predicted molar refractivity (Wildman–Crippen MR) is 112 cm³/mol. The van der Waals surface area contributed by atoms with Crippen molar-refractivity contribution >= 4 is 30.2 Å². The molecule has 134 valence electrons. The van der Waals surface area contributed by atoms with Gasteiger partial charge in [0.2, 0.25) is 0 Å². The summed E-state index contributed by atoms with van der Waals surface area (Å²) in [6, 6.07) is 18.2. The smallest absolute Gasteiger partial charge is 0.183 e. The van der Waals surface area contributed by atoms with Gasteiger partial charge in [0, 0.05) is 10.5 Å². The molecule has 0 spiro atoms. The van der Waals surface area contributed by atoms with E-state index in [0.29, 0.717) is 6.42 Å². The number of likely N-dealkylation sites (N-methyl/N-ethyl adjacent to an activating group) is 1. The molecule has 0 aliphatic carbocycles. The first-order valence-corrected chi connectivity index (χ1v) is 10.2. The van der Waals surface area contributed by atoms with Gasteiger partial charge in [0.25, 0.3) is 0 Å². The Kier molecular flexibility index (Phi) is 7.60. The third-order valence-corrected chi connectivity index (χ3v) is 5.93. The minimum absolute atomic E-state index is 0.165. The first-order chi connectivity index (χ1) is 12.0. The molecule has 2 nitrogen and oxygen atoms in total. The Bertz CT molecular complexity index is 687. The standard InChI is InChI=1S/C21H27NOS2/c1-21(22(2)3,16-17-9-5-4-6-10-17)20(23)18-11-7-12-19(15-18)25-14-8-13-24/h4-7,9-12,15,24H,8,13-14,16H2,1-3H3. The number of thioether (sulfide) groups is 1. The van der Waals surface area contributed by atoms with Crippen molar-refractivity contribution in [1.82, 2.24) is 4.90 Å². The molecule has 25 heavy (non-hydrogen) atoms. The lowest BCUT2D eigenvalue weighted by molar-refractivity contribution is 0.0719. The molecule has 1 atom stereocenters. The molecule has 0 saturated carbocycles. The Hall–Kier alpha value is -1.23. The minimum atomic E-state index is -0.574. The Morgan fingerprint density at radius 2 is 1.84 bits per heavy atom. The molecule has 0 fully saturated rings. The van der Waals surface area contributed by atoms with E-state index in [1.54, 1.807) is 11.8 Å². The average Bonchev–Trinajstić information content (AvgIpc) is 2.62. The van der Waals surface area contributed by atoms with Crippen LogP contribution in [0, 0.1) is 0 Å². The molecule has 0 bridgehead atoms. The summed E-state index contributed by atoms with van der Waals surface area (Å²) in [7, 11) is 3.96. The first kappa shape index (κ1) is 20.1. The van der Waals surface area contributed by atoms with Crippen molar-refractivity contribution in [3.63, 3.8) is 0 Å². The molecular weight excluding hydrogens is 346 g/mol. The van der Waals surface area contributed by atoms with Gasteiger partial charge < -0.3 is 0 Å². The molecule has 2 rings (SSSR count). The highest BCUT2D eigenvalue weighted by molar-refractivity contribution is 7.99. The maximum Gasteiger partial charge on any atom is 0.183 e. The summed E-state index contributed by atoms with van der Waals surface area (Å²) < 4.78 is 0. The lowest BCUT2D eigenvalue weighted by atomic mass is 9.84. The van der Waals surface area contributed by atoms with E-state index in [0.717, 1.165) is 28.4 Å². The van der Waals surface area contributed by atoms with Gasteiger partial charge in [-0.3, -0.25) is 9.69 Å². The Balaban J connectivity index is 2.23. The van der Waals surface area contributed by atoms with Crippen LogP contribution in [0.5, 0.6) is 0 Å². The van der Waals surface area contributed by atoms with Crippen LogP contribution in [0.25, 0.3) is 0 Å². The molecule has 0 saturated heterocycles. The van der Waals surface area contributed by atoms with Crippen molar-refractivity contribution in [2.75, 3.05) is 25.6 Å². The number of carbonyl (C=O) groups is 1. The third kappa shape index (κ3) is 5.37. The number of rotatable bonds is 9. The van der Waals surface area contributed by atoms with Crippen molar-refractivity contribution in [3.8, 4) is 0 Å². The zero-order valence-corrected chi connectivity index (χ0v) is 16.9. The summed E-state index contributed by atoms with van der Waals surface area (Å²) in [4.78, 5) is 16.5. The highest BCUT2D eigenvalue weighted by Crippen LogP contribution is 2.27. The van der Waals surface area contributed by atoms with Crippen molar-refractivity contribution in [3.05, 3.63) is 65.7 Å². The molecule has 0 aliphatic heterocycles. The van der Waals surface area contributed by atoms with E-state index >= 15 is 0 Å². The summed E-state index contributed by atoms with van der Waals surface area (Å²) in [5, 5.41) is 0. The summed E-state index contributed by atoms with van der Waals surface area (Å²) in [5.41, 5.74) is 1.38. The topological polar surface area (TPSA) is 20.3 Å². The number of nitrogens with zero attached hydrogens (tertiary/aromatic N) is 1. The van der Waals surface area contributed by atoms with Crippen LogP contribution in [-0.4, -0.2) is 41.8 Å². The van der Waals surface area contributed by atoms with Crippen LogP contribution in [-0.2, 0) is 6.42 Å². The monoisotopic (exact) mass is 373 g/mol. The molecule has 4 heteroatoms. The van der Waals surface area contributed by atoms with Gasteiger partial charge in [-0.1, -0.05) is 42.5 Å². The summed E-state index contributed by atoms with van der Waals surface area (Å²) >= 11 is 6.04. The highest BCUT2D eigenvalue weighted by atomic mass is 32.2. The second-order valence-corrected chi connectivity index (χ2v) is 8.23. The van der Waals surface area contributed by atoms with Crippen molar-refractivity contribution in [2.45, 2.75) is 30.2 Å². The maximum absolute atomic E-state index is 13.3. The molecular formula is C21H27NOS2. The number of ketones is 1. The van der Waals surface area contributed by atoms with Gasteiger partial charge in [-0.25, -0.2) is 0 Å². The highest BCUT2D eigenvalue weighted by Gasteiger charge is 2.36. The maximum atomic E-state index is 13.3. The molecule has 0 heterocycles. The van der Waals surface area contributed by atoms with E-state index in [9.17, 15) is 4.79 Å². The van der Waals surface area contributed by atoms with Crippen LogP contribution in [0.1, 0.15) is 29.3 Å². The third-order valence-electron chi connectivity index (χ3n) is 4.53. The van der Waals surface area contributed by atoms with Crippen LogP contribution in [0.2, 0.25) is 0 Å². The summed E-state index contributed by atoms with van der Waals surface area (Å²) in [5.74, 6) is 2.08. The van der Waals surface area contributed by atoms with Crippen LogP contribution >= 0.6 is 24.4 Å². The number of hydrogen-bond acceptors (Lipinski definition) is 4. The van der Waals surface area contributed by atoms with E-state index in [-0.39, 0.29) is 5.78 Å². The largest absolute Gasteiger partial charge is 0.297 e. The molecule has 2 aromatic rings. The number of Topliss-reactive ketones (excluding diaryl/α,β-unsaturated/α-hetero) is 1. The zero-order valence-electron chi connectivity index (χ0n) is 15.2. The van der Waals surface area contributed by atoms with Gasteiger partial charge in [0.1, 0.15) is 0 Å². The molecule has 0 amide bonds. The molecule has 1 unspecified atom stereocenters. The number of benzene rings is 2. The lowest BCUT2D eigenvalue weighted by Gasteiger charge is -2.35. The average molecular weight is 374 g/mol. The predicted octanol–water partition coefficient (Wildman–Crippen LogP) is 4.84. The van der Waals surface area contributed by atoms with Crippen LogP contribution in [0.15, 0.2) is 59.5 Å². The second kappa shape index (κ2) is 9.46. The zero-order chi connectivity index (χ0) is 18.3. The number of thiol groups is 1. The van der Waals surface area contributed by atoms with E-state index in [2.05, 4.69) is 30.8 Å². The minimum Gasteiger partial charge on any atom is -0.297 e. The van der Waals surface area contributed by atoms with Crippen LogP contribution < -0.4 is 0 Å². The van der Waals surface area contributed by atoms with Crippen molar-refractivity contribution in [2.24, 2.45) is 0 Å². The quantitative estimate of drug-likeness (QED) is 0.294.